The third kappa shape index (κ3) is 6.02. The Balaban J connectivity index is 1.70. The molecular weight excluding hydrogens is 452 g/mol. The number of ether oxygens (including phenoxy) is 1. The van der Waals surface area contributed by atoms with Crippen LogP contribution in [0.15, 0.2) is 12.7 Å². The summed E-state index contributed by atoms with van der Waals surface area (Å²) >= 11 is 0. The van der Waals surface area contributed by atoms with E-state index in [4.69, 9.17) is 4.74 Å². The molecule has 3 rings (SSSR count). The summed E-state index contributed by atoms with van der Waals surface area (Å²) in [7, 11) is 0. The zero-order valence-electron chi connectivity index (χ0n) is 20.9. The Labute approximate surface area is 206 Å². The van der Waals surface area contributed by atoms with Crippen molar-refractivity contribution in [2.75, 3.05) is 13.1 Å². The summed E-state index contributed by atoms with van der Waals surface area (Å²) in [5, 5.41) is 8.08. The number of carbonyl (C=O) groups excluding carboxylic acids is 5. The van der Waals surface area contributed by atoms with E-state index in [9.17, 15) is 24.0 Å². The summed E-state index contributed by atoms with van der Waals surface area (Å²) in [6, 6.07) is -1.64. The molecule has 0 bridgehead atoms. The van der Waals surface area contributed by atoms with Crippen molar-refractivity contribution in [3.8, 4) is 0 Å². The number of hydrogen-bond donors (Lipinski definition) is 3. The summed E-state index contributed by atoms with van der Waals surface area (Å²) in [4.78, 5) is 64.2. The zero-order chi connectivity index (χ0) is 25.8. The maximum absolute atomic E-state index is 13.6. The Morgan fingerprint density at radius 2 is 1.83 bits per heavy atom. The van der Waals surface area contributed by atoms with Crippen molar-refractivity contribution < 1.29 is 28.7 Å². The van der Waals surface area contributed by atoms with Crippen LogP contribution in [0.25, 0.3) is 0 Å². The number of nitrogens with one attached hydrogen (secondary N) is 3. The third-order valence-corrected chi connectivity index (χ3v) is 7.19. The number of likely N-dealkylation sites (tertiary alicyclic amines) is 1. The van der Waals surface area contributed by atoms with Crippen molar-refractivity contribution in [2.24, 2.45) is 11.3 Å². The molecule has 2 saturated carbocycles. The van der Waals surface area contributed by atoms with Crippen LogP contribution in [0.3, 0.4) is 0 Å². The lowest BCUT2D eigenvalue weighted by molar-refractivity contribution is -0.143. The molecular formula is C25H38N4O6. The molecule has 0 aromatic rings. The van der Waals surface area contributed by atoms with E-state index < -0.39 is 40.9 Å². The zero-order valence-corrected chi connectivity index (χ0v) is 20.9. The molecule has 1 heterocycles. The minimum absolute atomic E-state index is 0.131. The van der Waals surface area contributed by atoms with E-state index in [0.29, 0.717) is 32.1 Å². The van der Waals surface area contributed by atoms with Gasteiger partial charge in [-0.25, -0.2) is 4.79 Å². The van der Waals surface area contributed by atoms with Gasteiger partial charge in [0.25, 0.3) is 0 Å². The van der Waals surface area contributed by atoms with Crippen LogP contribution in [0.1, 0.15) is 65.7 Å². The molecule has 3 N–H and O–H groups in total. The Hall–Kier alpha value is -2.91. The molecule has 10 nitrogen and oxygen atoms in total. The first-order valence-corrected chi connectivity index (χ1v) is 12.5. The quantitative estimate of drug-likeness (QED) is 0.331. The van der Waals surface area contributed by atoms with Crippen molar-refractivity contribution in [3.05, 3.63) is 12.7 Å². The third-order valence-electron chi connectivity index (χ3n) is 7.19. The van der Waals surface area contributed by atoms with Gasteiger partial charge < -0.3 is 30.4 Å². The van der Waals surface area contributed by atoms with Crippen molar-refractivity contribution in [1.29, 1.82) is 0 Å². The molecule has 3 fully saturated rings. The average molecular weight is 491 g/mol. The van der Waals surface area contributed by atoms with E-state index in [0.717, 1.165) is 25.7 Å². The average Bonchev–Trinajstić information content (AvgIpc) is 3.14. The molecule has 1 saturated heterocycles. The fraction of sp³-hybridized carbons (Fsp3) is 0.720. The number of rotatable bonds is 9. The summed E-state index contributed by atoms with van der Waals surface area (Å²) in [6.45, 7) is 9.50. The van der Waals surface area contributed by atoms with Crippen molar-refractivity contribution in [1.82, 2.24) is 20.9 Å². The van der Waals surface area contributed by atoms with Gasteiger partial charge in [0.1, 0.15) is 30.0 Å². The molecule has 194 valence electrons. The molecule has 0 unspecified atom stereocenters. The molecule has 3 aliphatic rings. The molecule has 0 aromatic carbocycles. The Morgan fingerprint density at radius 1 is 1.14 bits per heavy atom. The van der Waals surface area contributed by atoms with Crippen LogP contribution in [0.5, 0.6) is 0 Å². The second-order valence-electron chi connectivity index (χ2n) is 10.8. The van der Waals surface area contributed by atoms with Crippen molar-refractivity contribution in [3.63, 3.8) is 0 Å². The number of aldehydes is 1. The number of amides is 4. The smallest absolute Gasteiger partial charge is 0.408 e. The maximum atomic E-state index is 13.6. The van der Waals surface area contributed by atoms with Gasteiger partial charge in [-0.1, -0.05) is 26.8 Å². The molecule has 35 heavy (non-hydrogen) atoms. The lowest BCUT2D eigenvalue weighted by Crippen LogP contribution is -2.60. The van der Waals surface area contributed by atoms with Crippen LogP contribution in [-0.2, 0) is 23.9 Å². The molecule has 0 aromatic heterocycles. The fourth-order valence-corrected chi connectivity index (χ4v) is 5.06. The van der Waals surface area contributed by atoms with E-state index in [2.05, 4.69) is 22.5 Å². The van der Waals surface area contributed by atoms with Gasteiger partial charge in [-0.2, -0.15) is 0 Å². The molecule has 10 heteroatoms. The molecule has 2 aliphatic carbocycles. The SMILES string of the molecule is C=C[C@@H]1C[C@]1(NC(=O)[C@@H]1CCCN1C(=O)[C@@H](NC(=O)OC1CCCC1)C(C)(C)C)C(=O)NCC=O. The van der Waals surface area contributed by atoms with Gasteiger partial charge in [0.15, 0.2) is 0 Å². The van der Waals surface area contributed by atoms with E-state index in [1.165, 1.54) is 4.90 Å². The summed E-state index contributed by atoms with van der Waals surface area (Å²) in [5.74, 6) is -1.47. The minimum Gasteiger partial charge on any atom is -0.446 e. The Bertz CT molecular complexity index is 863. The monoisotopic (exact) mass is 490 g/mol. The fourth-order valence-electron chi connectivity index (χ4n) is 5.06. The second-order valence-corrected chi connectivity index (χ2v) is 10.8. The van der Waals surface area contributed by atoms with E-state index in [1.54, 1.807) is 6.08 Å². The first-order valence-electron chi connectivity index (χ1n) is 12.5. The van der Waals surface area contributed by atoms with Crippen LogP contribution < -0.4 is 16.0 Å². The summed E-state index contributed by atoms with van der Waals surface area (Å²) in [6.07, 6.45) is 6.57. The van der Waals surface area contributed by atoms with Crippen LogP contribution in [-0.4, -0.2) is 71.8 Å². The lowest BCUT2D eigenvalue weighted by Gasteiger charge is -2.35. The van der Waals surface area contributed by atoms with Gasteiger partial charge in [-0.05, 0) is 50.4 Å². The van der Waals surface area contributed by atoms with E-state index in [-0.39, 0.29) is 24.5 Å². The standard InChI is InChI=1S/C25H38N4O6/c1-5-16-15-25(16,22(33)26-12-14-30)28-20(31)18-11-8-13-29(18)21(32)19(24(2,3)4)27-23(34)35-17-9-6-7-10-17/h5,14,16-19H,1,6-13,15H2,2-4H3,(H,26,33)(H,27,34)(H,28,31)/t16-,18+,19-,25-/m1/s1. The van der Waals surface area contributed by atoms with Gasteiger partial charge in [0.05, 0.1) is 6.54 Å². The highest BCUT2D eigenvalue weighted by Gasteiger charge is 2.60. The van der Waals surface area contributed by atoms with Gasteiger partial charge in [-0.15, -0.1) is 6.58 Å². The van der Waals surface area contributed by atoms with Crippen molar-refractivity contribution >= 4 is 30.1 Å². The van der Waals surface area contributed by atoms with Crippen LogP contribution in [0.4, 0.5) is 4.79 Å². The normalized spacial score (nSPS) is 27.0. The number of carbonyl (C=O) groups is 5. The second kappa shape index (κ2) is 10.8. The van der Waals surface area contributed by atoms with Crippen LogP contribution >= 0.6 is 0 Å². The molecule has 4 atom stereocenters. The highest BCUT2D eigenvalue weighted by molar-refractivity contribution is 5.98. The number of hydrogen-bond acceptors (Lipinski definition) is 6. The topological polar surface area (TPSA) is 134 Å². The molecule has 1 aliphatic heterocycles. The first kappa shape index (κ1) is 26.7. The van der Waals surface area contributed by atoms with Gasteiger partial charge in [0, 0.05) is 12.5 Å². The summed E-state index contributed by atoms with van der Waals surface area (Å²) < 4.78 is 5.50. The number of alkyl carbamates (subject to hydrolysis) is 1. The lowest BCUT2D eigenvalue weighted by atomic mass is 9.85. The minimum atomic E-state index is -1.16. The highest BCUT2D eigenvalue weighted by atomic mass is 16.6. The van der Waals surface area contributed by atoms with E-state index >= 15 is 0 Å². The van der Waals surface area contributed by atoms with Gasteiger partial charge >= 0.3 is 6.09 Å². The first-order chi connectivity index (χ1) is 16.5. The molecule has 0 radical (unpaired) electrons. The maximum Gasteiger partial charge on any atom is 0.408 e. The van der Waals surface area contributed by atoms with Crippen LogP contribution in [0.2, 0.25) is 0 Å². The molecule has 0 spiro atoms. The Morgan fingerprint density at radius 3 is 2.40 bits per heavy atom. The summed E-state index contributed by atoms with van der Waals surface area (Å²) in [5.41, 5.74) is -1.78. The molecule has 4 amide bonds. The van der Waals surface area contributed by atoms with E-state index in [1.807, 2.05) is 20.8 Å². The predicted octanol–water partition coefficient (Wildman–Crippen LogP) is 1.44. The highest BCUT2D eigenvalue weighted by Crippen LogP contribution is 2.45. The Kier molecular flexibility index (Phi) is 8.22. The van der Waals surface area contributed by atoms with Crippen LogP contribution in [0, 0.1) is 11.3 Å². The largest absolute Gasteiger partial charge is 0.446 e. The van der Waals surface area contributed by atoms with Gasteiger partial charge in [-0.3, -0.25) is 14.4 Å². The number of nitrogens with zero attached hydrogens (tertiary/aromatic N) is 1. The van der Waals surface area contributed by atoms with Gasteiger partial charge in [0.2, 0.25) is 17.7 Å². The predicted molar refractivity (Wildman–Crippen MR) is 128 cm³/mol. The van der Waals surface area contributed by atoms with Crippen molar-refractivity contribution in [2.45, 2.75) is 89.4 Å².